The summed E-state index contributed by atoms with van der Waals surface area (Å²) in [5.41, 5.74) is 0. The van der Waals surface area contributed by atoms with Gasteiger partial charge in [0.2, 0.25) is 0 Å². The molecule has 0 N–H and O–H groups in total. The number of quaternary nitrogens is 1. The topological polar surface area (TPSA) is 102 Å². The fraction of sp³-hybridized carbons (Fsp3) is 0.545. The Morgan fingerprint density at radius 2 is 0.857 bits per heavy atom. The normalized spacial score (nSPS) is 14.1. The van der Waals surface area contributed by atoms with E-state index in [4.69, 9.17) is 14.2 Å². The van der Waals surface area contributed by atoms with Crippen molar-refractivity contribution < 1.29 is 38.2 Å². The summed E-state index contributed by atoms with van der Waals surface area (Å²) < 4.78 is 17.1. The van der Waals surface area contributed by atoms with Gasteiger partial charge in [-0.3, -0.25) is 9.59 Å². The molecule has 0 aromatic rings. The third-order valence-electron chi connectivity index (χ3n) is 9.53. The number of hydrogen-bond acceptors (Lipinski definition) is 7. The number of hydrogen-bond donors (Lipinski definition) is 0. The number of carboxylic acid groups (broad SMARTS) is 1. The Labute approximate surface area is 383 Å². The van der Waals surface area contributed by atoms with Gasteiger partial charge >= 0.3 is 11.9 Å². The highest BCUT2D eigenvalue weighted by atomic mass is 16.6. The molecule has 0 aromatic heterocycles. The molecule has 8 nitrogen and oxygen atoms in total. The lowest BCUT2D eigenvalue weighted by Gasteiger charge is -2.34. The summed E-state index contributed by atoms with van der Waals surface area (Å²) >= 11 is 0. The molecule has 0 saturated heterocycles. The van der Waals surface area contributed by atoms with Crippen molar-refractivity contribution in [2.24, 2.45) is 0 Å². The van der Waals surface area contributed by atoms with Crippen LogP contribution in [0.1, 0.15) is 142 Å². The molecule has 0 spiro atoms. The van der Waals surface area contributed by atoms with E-state index in [1.807, 2.05) is 0 Å². The highest BCUT2D eigenvalue weighted by molar-refractivity contribution is 5.70. The Bertz CT molecular complexity index is 1480. The fourth-order valence-corrected chi connectivity index (χ4v) is 5.93. The van der Waals surface area contributed by atoms with Crippen molar-refractivity contribution >= 4 is 17.9 Å². The van der Waals surface area contributed by atoms with Gasteiger partial charge in [0.05, 0.1) is 40.3 Å². The molecule has 0 rings (SSSR count). The number of carbonyl (C=O) groups is 3. The van der Waals surface area contributed by atoms with E-state index in [1.165, 1.54) is 0 Å². The summed E-state index contributed by atoms with van der Waals surface area (Å²) in [4.78, 5) is 36.9. The molecular weight excluding hydrogens is 787 g/mol. The third-order valence-corrected chi connectivity index (χ3v) is 9.53. The van der Waals surface area contributed by atoms with Gasteiger partial charge in [-0.2, -0.15) is 0 Å². The SMILES string of the molecule is CC/C=C/C/C=C/C/C=C/C/C=C/C/C=C/C/C=C/CCCC(=O)OCC(COCCC(C(=O)[O-])[N+](C)(C)C)OC(=O)CCCCC/C=C/C/C=C/C/C=C/C/C=C/C/C=C/CC. The van der Waals surface area contributed by atoms with Crippen molar-refractivity contribution in [1.29, 1.82) is 0 Å². The van der Waals surface area contributed by atoms with Crippen LogP contribution in [0.5, 0.6) is 0 Å². The van der Waals surface area contributed by atoms with E-state index < -0.39 is 18.1 Å². The number of unbranched alkanes of at least 4 members (excludes halogenated alkanes) is 4. The van der Waals surface area contributed by atoms with Gasteiger partial charge < -0.3 is 28.6 Å². The van der Waals surface area contributed by atoms with Crippen molar-refractivity contribution in [1.82, 2.24) is 0 Å². The molecule has 2 atom stereocenters. The summed E-state index contributed by atoms with van der Waals surface area (Å²) in [6.07, 6.45) is 63.4. The van der Waals surface area contributed by atoms with Crippen LogP contribution in [0.2, 0.25) is 0 Å². The molecule has 352 valence electrons. The predicted molar refractivity (Wildman–Crippen MR) is 263 cm³/mol. The second-order valence-electron chi connectivity index (χ2n) is 16.2. The van der Waals surface area contributed by atoms with E-state index in [0.29, 0.717) is 12.8 Å². The highest BCUT2D eigenvalue weighted by Crippen LogP contribution is 2.11. The monoisotopic (exact) mass is 872 g/mol. The van der Waals surface area contributed by atoms with Gasteiger partial charge in [-0.25, -0.2) is 0 Å². The van der Waals surface area contributed by atoms with Crippen LogP contribution in [0, 0.1) is 0 Å². The number of esters is 2. The van der Waals surface area contributed by atoms with Crippen LogP contribution in [0.15, 0.2) is 134 Å². The first-order chi connectivity index (χ1) is 30.6. The Morgan fingerprint density at radius 3 is 1.25 bits per heavy atom. The van der Waals surface area contributed by atoms with Gasteiger partial charge in [0.1, 0.15) is 12.6 Å². The number of nitrogens with zero attached hydrogens (tertiary/aromatic N) is 1. The molecular formula is C55H85NO7. The van der Waals surface area contributed by atoms with Gasteiger partial charge in [0.25, 0.3) is 0 Å². The van der Waals surface area contributed by atoms with E-state index >= 15 is 0 Å². The molecule has 0 fully saturated rings. The zero-order valence-electron chi connectivity index (χ0n) is 39.9. The number of rotatable bonds is 40. The minimum Gasteiger partial charge on any atom is -0.544 e. The van der Waals surface area contributed by atoms with Crippen LogP contribution in [0.25, 0.3) is 0 Å². The lowest BCUT2D eigenvalue weighted by atomic mass is 10.1. The molecule has 0 bridgehead atoms. The zero-order valence-corrected chi connectivity index (χ0v) is 39.9. The molecule has 0 aromatic carbocycles. The minimum absolute atomic E-state index is 0.00145. The van der Waals surface area contributed by atoms with E-state index in [2.05, 4.69) is 148 Å². The lowest BCUT2D eigenvalue weighted by Crippen LogP contribution is -2.55. The molecule has 0 aliphatic heterocycles. The van der Waals surface area contributed by atoms with Gasteiger partial charge in [-0.15, -0.1) is 0 Å². The van der Waals surface area contributed by atoms with Gasteiger partial charge in [-0.05, 0) is 103 Å². The van der Waals surface area contributed by atoms with E-state index in [9.17, 15) is 19.5 Å². The number of ether oxygens (including phenoxy) is 3. The second-order valence-corrected chi connectivity index (χ2v) is 16.2. The smallest absolute Gasteiger partial charge is 0.306 e. The molecule has 0 aliphatic carbocycles. The Balaban J connectivity index is 4.50. The maximum Gasteiger partial charge on any atom is 0.306 e. The average Bonchev–Trinajstić information content (AvgIpc) is 3.24. The van der Waals surface area contributed by atoms with Crippen LogP contribution < -0.4 is 5.11 Å². The first-order valence-electron chi connectivity index (χ1n) is 23.7. The number of carboxylic acids is 1. The van der Waals surface area contributed by atoms with Crippen molar-refractivity contribution in [3.05, 3.63) is 134 Å². The van der Waals surface area contributed by atoms with Crippen LogP contribution in [-0.2, 0) is 28.6 Å². The second kappa shape index (κ2) is 44.1. The number of likely N-dealkylation sites (N-methyl/N-ethyl adjacent to an activating group) is 1. The van der Waals surface area contributed by atoms with Crippen LogP contribution in [0.4, 0.5) is 0 Å². The number of carbonyl (C=O) groups excluding carboxylic acids is 3. The minimum atomic E-state index is -1.15. The van der Waals surface area contributed by atoms with Crippen LogP contribution in [-0.4, -0.2) is 75.5 Å². The number of aliphatic carboxylic acids is 1. The Morgan fingerprint density at radius 1 is 0.476 bits per heavy atom. The zero-order chi connectivity index (χ0) is 46.3. The molecule has 8 heteroatoms. The van der Waals surface area contributed by atoms with Crippen LogP contribution in [0.3, 0.4) is 0 Å². The van der Waals surface area contributed by atoms with Crippen molar-refractivity contribution in [3.8, 4) is 0 Å². The number of allylic oxidation sites excluding steroid dienone is 22. The molecule has 0 aliphatic rings. The summed E-state index contributed by atoms with van der Waals surface area (Å²) in [5, 5.41) is 11.6. The van der Waals surface area contributed by atoms with Crippen molar-refractivity contribution in [3.63, 3.8) is 0 Å². The molecule has 63 heavy (non-hydrogen) atoms. The largest absolute Gasteiger partial charge is 0.544 e. The summed E-state index contributed by atoms with van der Waals surface area (Å²) in [6, 6.07) is -0.750. The maximum absolute atomic E-state index is 12.7. The molecule has 0 radical (unpaired) electrons. The Kier molecular flexibility index (Phi) is 40.9. The Hall–Kier alpha value is -4.53. The quantitative estimate of drug-likeness (QED) is 0.0261. The lowest BCUT2D eigenvalue weighted by molar-refractivity contribution is -0.889. The predicted octanol–water partition coefficient (Wildman–Crippen LogP) is 12.2. The van der Waals surface area contributed by atoms with E-state index in [0.717, 1.165) is 96.3 Å². The van der Waals surface area contributed by atoms with Gasteiger partial charge in [-0.1, -0.05) is 154 Å². The van der Waals surface area contributed by atoms with Crippen molar-refractivity contribution in [2.75, 3.05) is 41.0 Å². The summed E-state index contributed by atoms with van der Waals surface area (Å²) in [5.74, 6) is -1.88. The molecule has 0 saturated carbocycles. The van der Waals surface area contributed by atoms with E-state index in [-0.39, 0.29) is 55.5 Å². The van der Waals surface area contributed by atoms with Crippen LogP contribution >= 0.6 is 0 Å². The van der Waals surface area contributed by atoms with Gasteiger partial charge in [0.15, 0.2) is 6.10 Å². The average molecular weight is 872 g/mol. The standard InChI is InChI=1S/C55H85NO7/c1-6-8-10-12-14-16-18-20-22-24-26-28-29-31-33-35-37-39-41-43-45-53(57)62-50-51(49-61-48-47-52(55(59)60)56(3,4)5)63-54(58)46-44-42-40-38-36-34-32-30-27-25-23-21-19-17-15-13-11-9-7-2/h8-11,14-17,20-23,26-28,30-31,33-34,36-37,39,51-52H,6-7,12-13,18-19,24-25,29,32,35,38,40-50H2,1-5H3/b10-8+,11-9+,16-14+,17-15+,22-20+,23-21+,28-26+,30-27+,33-31+,36-34+,39-37+. The maximum atomic E-state index is 12.7. The third kappa shape index (κ3) is 42.5. The molecule has 0 heterocycles. The highest BCUT2D eigenvalue weighted by Gasteiger charge is 2.25. The summed E-state index contributed by atoms with van der Waals surface area (Å²) in [6.45, 7) is 4.31. The first kappa shape index (κ1) is 58.5. The van der Waals surface area contributed by atoms with Gasteiger partial charge in [0, 0.05) is 19.3 Å². The summed E-state index contributed by atoms with van der Waals surface area (Å²) in [7, 11) is 5.36. The molecule has 2 unspecified atom stereocenters. The fourth-order valence-electron chi connectivity index (χ4n) is 5.93. The first-order valence-corrected chi connectivity index (χ1v) is 23.7. The van der Waals surface area contributed by atoms with Crippen molar-refractivity contribution in [2.45, 2.75) is 154 Å². The molecule has 0 amide bonds. The van der Waals surface area contributed by atoms with E-state index in [1.54, 1.807) is 21.1 Å².